The molecule has 78 valence electrons. The number of hydrogen-bond acceptors (Lipinski definition) is 1. The molecule has 1 aliphatic carbocycles. The van der Waals surface area contributed by atoms with E-state index in [0.29, 0.717) is 11.5 Å². The van der Waals surface area contributed by atoms with Gasteiger partial charge in [-0.15, -0.1) is 0 Å². The number of nitrogens with two attached hydrogens (primary N) is 1. The second-order valence-electron chi connectivity index (χ2n) is 5.60. The van der Waals surface area contributed by atoms with Gasteiger partial charge in [-0.3, -0.25) is 0 Å². The summed E-state index contributed by atoms with van der Waals surface area (Å²) in [5.41, 5.74) is 6.52. The molecule has 0 saturated heterocycles. The van der Waals surface area contributed by atoms with Crippen LogP contribution in [0.4, 0.5) is 0 Å². The van der Waals surface area contributed by atoms with Gasteiger partial charge in [0.1, 0.15) is 0 Å². The van der Waals surface area contributed by atoms with Gasteiger partial charge in [-0.1, -0.05) is 33.6 Å². The SMILES string of the molecule is CC(C)CCCC1(C)CCC(N)C1. The Morgan fingerprint density at radius 1 is 1.46 bits per heavy atom. The van der Waals surface area contributed by atoms with E-state index >= 15 is 0 Å². The topological polar surface area (TPSA) is 26.0 Å². The monoisotopic (exact) mass is 183 g/mol. The van der Waals surface area contributed by atoms with Gasteiger partial charge >= 0.3 is 0 Å². The first-order chi connectivity index (χ1) is 6.02. The third-order valence-corrected chi connectivity index (χ3v) is 3.44. The van der Waals surface area contributed by atoms with Crippen LogP contribution in [0, 0.1) is 11.3 Å². The van der Waals surface area contributed by atoms with Crippen LogP contribution >= 0.6 is 0 Å². The third kappa shape index (κ3) is 3.68. The molecule has 0 heterocycles. The van der Waals surface area contributed by atoms with Gasteiger partial charge in [0.15, 0.2) is 0 Å². The zero-order chi connectivity index (χ0) is 9.90. The first-order valence-electron chi connectivity index (χ1n) is 5.77. The highest BCUT2D eigenvalue weighted by Crippen LogP contribution is 2.41. The van der Waals surface area contributed by atoms with Gasteiger partial charge in [0.05, 0.1) is 0 Å². The Hall–Kier alpha value is -0.0400. The predicted octanol–water partition coefficient (Wildman–Crippen LogP) is 3.33. The van der Waals surface area contributed by atoms with Gasteiger partial charge < -0.3 is 5.73 Å². The zero-order valence-electron chi connectivity index (χ0n) is 9.47. The Balaban J connectivity index is 2.20. The molecule has 1 aliphatic rings. The molecule has 0 radical (unpaired) electrons. The molecule has 2 atom stereocenters. The van der Waals surface area contributed by atoms with Gasteiger partial charge in [-0.2, -0.15) is 0 Å². The van der Waals surface area contributed by atoms with Crippen molar-refractivity contribution in [1.29, 1.82) is 0 Å². The lowest BCUT2D eigenvalue weighted by molar-refractivity contribution is 0.285. The fraction of sp³-hybridized carbons (Fsp3) is 1.00. The summed E-state index contributed by atoms with van der Waals surface area (Å²) in [6, 6.07) is 0.490. The van der Waals surface area contributed by atoms with E-state index in [1.165, 1.54) is 38.5 Å². The minimum Gasteiger partial charge on any atom is -0.328 e. The van der Waals surface area contributed by atoms with E-state index in [-0.39, 0.29) is 0 Å². The molecule has 0 aromatic rings. The summed E-state index contributed by atoms with van der Waals surface area (Å²) in [6.07, 6.45) is 8.01. The number of rotatable bonds is 4. The van der Waals surface area contributed by atoms with E-state index in [9.17, 15) is 0 Å². The Morgan fingerprint density at radius 3 is 2.62 bits per heavy atom. The van der Waals surface area contributed by atoms with Crippen molar-refractivity contribution < 1.29 is 0 Å². The van der Waals surface area contributed by atoms with Crippen LogP contribution in [0.2, 0.25) is 0 Å². The minimum atomic E-state index is 0.490. The second-order valence-corrected chi connectivity index (χ2v) is 5.60. The van der Waals surface area contributed by atoms with Crippen molar-refractivity contribution in [2.75, 3.05) is 0 Å². The highest BCUT2D eigenvalue weighted by Gasteiger charge is 2.32. The maximum Gasteiger partial charge on any atom is 0.00442 e. The maximum absolute atomic E-state index is 5.94. The first-order valence-corrected chi connectivity index (χ1v) is 5.77. The van der Waals surface area contributed by atoms with E-state index in [0.717, 1.165) is 5.92 Å². The molecular weight excluding hydrogens is 158 g/mol. The van der Waals surface area contributed by atoms with Gasteiger partial charge in [0.2, 0.25) is 0 Å². The van der Waals surface area contributed by atoms with Gasteiger partial charge in [0, 0.05) is 6.04 Å². The highest BCUT2D eigenvalue weighted by molar-refractivity contribution is 4.87. The van der Waals surface area contributed by atoms with Gasteiger partial charge in [-0.25, -0.2) is 0 Å². The Labute approximate surface area is 83.1 Å². The van der Waals surface area contributed by atoms with Crippen molar-refractivity contribution in [1.82, 2.24) is 0 Å². The lowest BCUT2D eigenvalue weighted by Crippen LogP contribution is -2.19. The summed E-state index contributed by atoms with van der Waals surface area (Å²) >= 11 is 0. The standard InChI is InChI=1S/C12H25N/c1-10(2)5-4-7-12(3)8-6-11(13)9-12/h10-11H,4-9,13H2,1-3H3. The van der Waals surface area contributed by atoms with Crippen LogP contribution in [-0.2, 0) is 0 Å². The molecule has 1 nitrogen and oxygen atoms in total. The van der Waals surface area contributed by atoms with Crippen LogP contribution in [0.5, 0.6) is 0 Å². The molecule has 1 heteroatoms. The lowest BCUT2D eigenvalue weighted by Gasteiger charge is -2.24. The van der Waals surface area contributed by atoms with Crippen LogP contribution in [0.1, 0.15) is 59.3 Å². The van der Waals surface area contributed by atoms with Crippen molar-refractivity contribution in [2.24, 2.45) is 17.1 Å². The molecule has 0 aromatic heterocycles. The molecular formula is C12H25N. The van der Waals surface area contributed by atoms with Crippen LogP contribution < -0.4 is 5.73 Å². The quantitative estimate of drug-likeness (QED) is 0.711. The van der Waals surface area contributed by atoms with Crippen molar-refractivity contribution in [2.45, 2.75) is 65.3 Å². The van der Waals surface area contributed by atoms with E-state index in [1.54, 1.807) is 0 Å². The van der Waals surface area contributed by atoms with Crippen LogP contribution in [0.25, 0.3) is 0 Å². The molecule has 2 unspecified atom stereocenters. The largest absolute Gasteiger partial charge is 0.328 e. The van der Waals surface area contributed by atoms with Crippen LogP contribution in [0.3, 0.4) is 0 Å². The molecule has 1 rings (SSSR count). The average Bonchev–Trinajstić information content (AvgIpc) is 2.30. The summed E-state index contributed by atoms with van der Waals surface area (Å²) in [5, 5.41) is 0. The van der Waals surface area contributed by atoms with Crippen molar-refractivity contribution in [3.63, 3.8) is 0 Å². The number of hydrogen-bond donors (Lipinski definition) is 1. The molecule has 2 N–H and O–H groups in total. The molecule has 0 aliphatic heterocycles. The molecule has 1 saturated carbocycles. The fourth-order valence-electron chi connectivity index (χ4n) is 2.54. The zero-order valence-corrected chi connectivity index (χ0v) is 9.47. The Morgan fingerprint density at radius 2 is 2.15 bits per heavy atom. The summed E-state index contributed by atoms with van der Waals surface area (Å²) in [4.78, 5) is 0. The average molecular weight is 183 g/mol. The van der Waals surface area contributed by atoms with E-state index < -0.39 is 0 Å². The van der Waals surface area contributed by atoms with Crippen LogP contribution in [-0.4, -0.2) is 6.04 Å². The molecule has 1 fully saturated rings. The molecule has 0 amide bonds. The van der Waals surface area contributed by atoms with Crippen LogP contribution in [0.15, 0.2) is 0 Å². The molecule has 0 aromatic carbocycles. The molecule has 0 spiro atoms. The summed E-state index contributed by atoms with van der Waals surface area (Å²) in [7, 11) is 0. The highest BCUT2D eigenvalue weighted by atomic mass is 14.7. The van der Waals surface area contributed by atoms with E-state index in [4.69, 9.17) is 5.73 Å². The second kappa shape index (κ2) is 4.45. The van der Waals surface area contributed by atoms with Crippen molar-refractivity contribution >= 4 is 0 Å². The summed E-state index contributed by atoms with van der Waals surface area (Å²) in [6.45, 7) is 7.03. The molecule has 0 bridgehead atoms. The lowest BCUT2D eigenvalue weighted by atomic mass is 9.82. The molecule has 13 heavy (non-hydrogen) atoms. The third-order valence-electron chi connectivity index (χ3n) is 3.44. The van der Waals surface area contributed by atoms with Gasteiger partial charge in [-0.05, 0) is 37.0 Å². The Bertz CT molecular complexity index is 153. The normalized spacial score (nSPS) is 34.4. The minimum absolute atomic E-state index is 0.490. The first kappa shape index (κ1) is 11.0. The van der Waals surface area contributed by atoms with Gasteiger partial charge in [0.25, 0.3) is 0 Å². The van der Waals surface area contributed by atoms with Crippen molar-refractivity contribution in [3.05, 3.63) is 0 Å². The van der Waals surface area contributed by atoms with E-state index in [2.05, 4.69) is 20.8 Å². The predicted molar refractivity (Wildman–Crippen MR) is 58.6 cm³/mol. The maximum atomic E-state index is 5.94. The Kier molecular flexibility index (Phi) is 3.78. The fourth-order valence-corrected chi connectivity index (χ4v) is 2.54. The van der Waals surface area contributed by atoms with E-state index in [1.807, 2.05) is 0 Å². The van der Waals surface area contributed by atoms with Crippen molar-refractivity contribution in [3.8, 4) is 0 Å². The summed E-state index contributed by atoms with van der Waals surface area (Å²) in [5.74, 6) is 0.860. The summed E-state index contributed by atoms with van der Waals surface area (Å²) < 4.78 is 0. The smallest absolute Gasteiger partial charge is 0.00442 e.